The SMILES string of the molecule is Cc1ccc(O)c(-c2ccc(C)c(Cl)c2)c1. The molecule has 2 aromatic carbocycles. The summed E-state index contributed by atoms with van der Waals surface area (Å²) in [6.07, 6.45) is 0. The highest BCUT2D eigenvalue weighted by molar-refractivity contribution is 6.31. The molecule has 0 bridgehead atoms. The monoisotopic (exact) mass is 232 g/mol. The fourth-order valence-corrected chi connectivity index (χ4v) is 1.82. The van der Waals surface area contributed by atoms with E-state index in [1.54, 1.807) is 6.07 Å². The topological polar surface area (TPSA) is 20.2 Å². The van der Waals surface area contributed by atoms with E-state index in [9.17, 15) is 5.11 Å². The lowest BCUT2D eigenvalue weighted by atomic mass is 10.0. The fraction of sp³-hybridized carbons (Fsp3) is 0.143. The summed E-state index contributed by atoms with van der Waals surface area (Å²) in [6.45, 7) is 3.96. The number of hydrogen-bond donors (Lipinski definition) is 1. The van der Waals surface area contributed by atoms with Crippen molar-refractivity contribution in [2.75, 3.05) is 0 Å². The van der Waals surface area contributed by atoms with E-state index in [4.69, 9.17) is 11.6 Å². The van der Waals surface area contributed by atoms with E-state index in [0.29, 0.717) is 0 Å². The number of phenolic OH excluding ortho intramolecular Hbond substituents is 1. The van der Waals surface area contributed by atoms with Gasteiger partial charge in [0.15, 0.2) is 0 Å². The van der Waals surface area contributed by atoms with Crippen molar-refractivity contribution in [2.45, 2.75) is 13.8 Å². The van der Waals surface area contributed by atoms with Gasteiger partial charge in [0, 0.05) is 10.6 Å². The van der Waals surface area contributed by atoms with Crippen LogP contribution in [-0.4, -0.2) is 5.11 Å². The highest BCUT2D eigenvalue weighted by atomic mass is 35.5. The molecule has 0 amide bonds. The van der Waals surface area contributed by atoms with E-state index in [1.165, 1.54) is 0 Å². The largest absolute Gasteiger partial charge is 0.507 e. The average molecular weight is 233 g/mol. The summed E-state index contributed by atoms with van der Waals surface area (Å²) < 4.78 is 0. The number of phenols is 1. The first-order chi connectivity index (χ1) is 7.58. The minimum atomic E-state index is 0.283. The van der Waals surface area contributed by atoms with E-state index >= 15 is 0 Å². The predicted molar refractivity (Wildman–Crippen MR) is 68.0 cm³/mol. The van der Waals surface area contributed by atoms with Gasteiger partial charge in [0.25, 0.3) is 0 Å². The number of halogens is 1. The molecule has 0 spiro atoms. The Morgan fingerprint density at radius 3 is 2.44 bits per heavy atom. The van der Waals surface area contributed by atoms with Crippen LogP contribution in [0.5, 0.6) is 5.75 Å². The molecule has 0 saturated carbocycles. The molecule has 82 valence electrons. The molecule has 0 fully saturated rings. The van der Waals surface area contributed by atoms with E-state index in [0.717, 1.165) is 27.3 Å². The summed E-state index contributed by atoms with van der Waals surface area (Å²) in [5.41, 5.74) is 3.92. The molecule has 0 aromatic heterocycles. The summed E-state index contributed by atoms with van der Waals surface area (Å²) >= 11 is 6.07. The Morgan fingerprint density at radius 2 is 1.75 bits per heavy atom. The lowest BCUT2D eigenvalue weighted by molar-refractivity contribution is 0.477. The molecule has 1 N–H and O–H groups in total. The quantitative estimate of drug-likeness (QED) is 0.776. The first kappa shape index (κ1) is 11.0. The number of aromatic hydroxyl groups is 1. The summed E-state index contributed by atoms with van der Waals surface area (Å²) in [7, 11) is 0. The van der Waals surface area contributed by atoms with Gasteiger partial charge < -0.3 is 5.11 Å². The molecule has 0 saturated heterocycles. The van der Waals surface area contributed by atoms with Crippen molar-refractivity contribution >= 4 is 11.6 Å². The molecule has 2 rings (SSSR count). The Bertz CT molecular complexity index is 532. The Labute approximate surface area is 100 Å². The van der Waals surface area contributed by atoms with Crippen molar-refractivity contribution < 1.29 is 5.11 Å². The van der Waals surface area contributed by atoms with E-state index in [2.05, 4.69) is 0 Å². The van der Waals surface area contributed by atoms with E-state index < -0.39 is 0 Å². The summed E-state index contributed by atoms with van der Waals surface area (Å²) in [5.74, 6) is 0.283. The maximum atomic E-state index is 9.81. The molecular weight excluding hydrogens is 220 g/mol. The minimum Gasteiger partial charge on any atom is -0.507 e. The van der Waals surface area contributed by atoms with Crippen LogP contribution in [0.2, 0.25) is 5.02 Å². The second-order valence-corrected chi connectivity index (χ2v) is 4.39. The van der Waals surface area contributed by atoms with Crippen LogP contribution in [0.1, 0.15) is 11.1 Å². The van der Waals surface area contributed by atoms with Crippen molar-refractivity contribution in [3.05, 3.63) is 52.5 Å². The third-order valence-electron chi connectivity index (χ3n) is 2.63. The molecule has 2 aromatic rings. The van der Waals surface area contributed by atoms with Crippen molar-refractivity contribution in [2.24, 2.45) is 0 Å². The molecular formula is C14H13ClO. The van der Waals surface area contributed by atoms with Crippen molar-refractivity contribution in [3.63, 3.8) is 0 Å². The maximum absolute atomic E-state index is 9.81. The Balaban J connectivity index is 2.58. The van der Waals surface area contributed by atoms with Crippen LogP contribution in [-0.2, 0) is 0 Å². The van der Waals surface area contributed by atoms with Gasteiger partial charge in [0.05, 0.1) is 0 Å². The zero-order valence-electron chi connectivity index (χ0n) is 9.29. The van der Waals surface area contributed by atoms with Gasteiger partial charge in [-0.3, -0.25) is 0 Å². The Hall–Kier alpha value is -1.47. The van der Waals surface area contributed by atoms with Crippen LogP contribution in [0.4, 0.5) is 0 Å². The minimum absolute atomic E-state index is 0.283. The standard InChI is InChI=1S/C14H13ClO/c1-9-3-6-14(16)12(7-9)11-5-4-10(2)13(15)8-11/h3-8,16H,1-2H3. The highest BCUT2D eigenvalue weighted by Crippen LogP contribution is 2.32. The number of benzene rings is 2. The smallest absolute Gasteiger partial charge is 0.123 e. The number of aryl methyl sites for hydroxylation is 2. The summed E-state index contributed by atoms with van der Waals surface area (Å²) in [4.78, 5) is 0. The van der Waals surface area contributed by atoms with Crippen LogP contribution >= 0.6 is 11.6 Å². The van der Waals surface area contributed by atoms with E-state index in [-0.39, 0.29) is 5.75 Å². The zero-order chi connectivity index (χ0) is 11.7. The molecule has 1 nitrogen and oxygen atoms in total. The van der Waals surface area contributed by atoms with Crippen molar-refractivity contribution in [1.82, 2.24) is 0 Å². The van der Waals surface area contributed by atoms with Gasteiger partial charge in [-0.05, 0) is 43.2 Å². The first-order valence-corrected chi connectivity index (χ1v) is 5.52. The van der Waals surface area contributed by atoms with Gasteiger partial charge in [0.2, 0.25) is 0 Å². The van der Waals surface area contributed by atoms with Gasteiger partial charge in [0.1, 0.15) is 5.75 Å². The molecule has 0 aliphatic heterocycles. The second-order valence-electron chi connectivity index (χ2n) is 3.98. The van der Waals surface area contributed by atoms with Crippen molar-refractivity contribution in [3.8, 4) is 16.9 Å². The summed E-state index contributed by atoms with van der Waals surface area (Å²) in [6, 6.07) is 11.4. The zero-order valence-corrected chi connectivity index (χ0v) is 10.0. The van der Waals surface area contributed by atoms with Gasteiger partial charge >= 0.3 is 0 Å². The summed E-state index contributed by atoms with van der Waals surface area (Å²) in [5, 5.41) is 10.5. The molecule has 0 atom stereocenters. The van der Waals surface area contributed by atoms with Crippen LogP contribution in [0.25, 0.3) is 11.1 Å². The van der Waals surface area contributed by atoms with E-state index in [1.807, 2.05) is 44.2 Å². The van der Waals surface area contributed by atoms with Crippen LogP contribution < -0.4 is 0 Å². The number of rotatable bonds is 1. The van der Waals surface area contributed by atoms with Gasteiger partial charge in [-0.1, -0.05) is 35.4 Å². The lowest BCUT2D eigenvalue weighted by Crippen LogP contribution is -1.83. The molecule has 0 aliphatic carbocycles. The fourth-order valence-electron chi connectivity index (χ4n) is 1.64. The third kappa shape index (κ3) is 2.05. The molecule has 0 radical (unpaired) electrons. The van der Waals surface area contributed by atoms with Crippen LogP contribution in [0, 0.1) is 13.8 Å². The molecule has 0 unspecified atom stereocenters. The second kappa shape index (κ2) is 4.18. The lowest BCUT2D eigenvalue weighted by Gasteiger charge is -2.07. The van der Waals surface area contributed by atoms with Crippen molar-refractivity contribution in [1.29, 1.82) is 0 Å². The molecule has 0 heterocycles. The number of hydrogen-bond acceptors (Lipinski definition) is 1. The van der Waals surface area contributed by atoms with Gasteiger partial charge in [-0.2, -0.15) is 0 Å². The third-order valence-corrected chi connectivity index (χ3v) is 3.04. The molecule has 0 aliphatic rings. The average Bonchev–Trinajstić information content (AvgIpc) is 2.26. The van der Waals surface area contributed by atoms with Gasteiger partial charge in [-0.15, -0.1) is 0 Å². The van der Waals surface area contributed by atoms with Crippen LogP contribution in [0.3, 0.4) is 0 Å². The molecule has 2 heteroatoms. The maximum Gasteiger partial charge on any atom is 0.123 e. The first-order valence-electron chi connectivity index (χ1n) is 5.14. The predicted octanol–water partition coefficient (Wildman–Crippen LogP) is 4.33. The normalized spacial score (nSPS) is 10.4. The Morgan fingerprint density at radius 1 is 1.00 bits per heavy atom. The molecule has 16 heavy (non-hydrogen) atoms. The Kier molecular flexibility index (Phi) is 2.88. The van der Waals surface area contributed by atoms with Gasteiger partial charge in [-0.25, -0.2) is 0 Å². The highest BCUT2D eigenvalue weighted by Gasteiger charge is 2.05. The van der Waals surface area contributed by atoms with Crippen LogP contribution in [0.15, 0.2) is 36.4 Å².